The van der Waals surface area contributed by atoms with Crippen LogP contribution in [0.4, 0.5) is 0 Å². The summed E-state index contributed by atoms with van der Waals surface area (Å²) in [6.45, 7) is 7.09. The molecule has 0 unspecified atom stereocenters. The van der Waals surface area contributed by atoms with Gasteiger partial charge in [-0.05, 0) is 0 Å². The molecule has 0 radical (unpaired) electrons. The molecule has 0 aromatic rings. The summed E-state index contributed by atoms with van der Waals surface area (Å²) < 4.78 is 9.61. The molecule has 0 atom stereocenters. The molecule has 0 heterocycles. The Bertz CT molecular complexity index is 57.8. The van der Waals surface area contributed by atoms with Crippen LogP contribution in [0.3, 0.4) is 0 Å². The molecule has 0 rings (SSSR count). The van der Waals surface area contributed by atoms with E-state index in [9.17, 15) is 0 Å². The van der Waals surface area contributed by atoms with Gasteiger partial charge in [-0.2, -0.15) is 6.92 Å². The van der Waals surface area contributed by atoms with E-state index in [4.69, 9.17) is 34.0 Å². The Kier molecular flexibility index (Phi) is 44.2. The summed E-state index contributed by atoms with van der Waals surface area (Å²) in [6.07, 6.45) is 0. The molecule has 86 valence electrons. The normalized spacial score (nSPS) is 8.15. The van der Waals surface area contributed by atoms with Crippen molar-refractivity contribution >= 4 is 18.8 Å². The molecule has 13 heavy (non-hydrogen) atoms. The summed E-state index contributed by atoms with van der Waals surface area (Å²) >= 11 is -0.472. The second-order valence-electron chi connectivity index (χ2n) is 1.40. The first-order chi connectivity index (χ1) is 6.33. The number of nitrogens with one attached hydrogen (secondary N) is 1. The summed E-state index contributed by atoms with van der Waals surface area (Å²) in [7, 11) is 11.4. The van der Waals surface area contributed by atoms with Crippen LogP contribution in [0.25, 0.3) is 5.73 Å². The van der Waals surface area contributed by atoms with Gasteiger partial charge in [-0.3, -0.25) is 0 Å². The van der Waals surface area contributed by atoms with Crippen LogP contribution in [0.15, 0.2) is 0 Å². The minimum absolute atomic E-state index is 0.337. The van der Waals surface area contributed by atoms with Gasteiger partial charge in [0.05, 0.1) is 13.2 Å². The fourth-order valence-electron chi connectivity index (χ4n) is 0.316. The second kappa shape index (κ2) is 29.2. The predicted octanol–water partition coefficient (Wildman–Crippen LogP) is 2.92. The molecule has 0 bridgehead atoms. The van der Waals surface area contributed by atoms with Crippen molar-refractivity contribution in [2.45, 2.75) is 6.92 Å². The van der Waals surface area contributed by atoms with E-state index < -0.39 is 16.5 Å². The van der Waals surface area contributed by atoms with Crippen molar-refractivity contribution in [1.29, 1.82) is 0 Å². The monoisotopic (exact) mass is 412 g/mol. The zero-order valence-electron chi connectivity index (χ0n) is 7.92. The van der Waals surface area contributed by atoms with E-state index >= 15 is 0 Å². The zero-order valence-corrected chi connectivity index (χ0v) is 11.7. The van der Waals surface area contributed by atoms with Crippen LogP contribution >= 0.6 is 18.8 Å². The third-order valence-electron chi connectivity index (χ3n) is 0.678. The van der Waals surface area contributed by atoms with Crippen molar-refractivity contribution in [3.05, 3.63) is 12.7 Å². The topological polar surface area (TPSA) is 42.3 Å². The molecule has 0 amide bonds. The van der Waals surface area contributed by atoms with Crippen LogP contribution in [-0.2, 0) is 26.0 Å². The van der Waals surface area contributed by atoms with Gasteiger partial charge in [-0.25, -0.2) is 0 Å². The van der Waals surface area contributed by atoms with Gasteiger partial charge < -0.3 is 22.1 Å². The van der Waals surface area contributed by atoms with Crippen molar-refractivity contribution < 1.29 is 26.0 Å². The van der Waals surface area contributed by atoms with Gasteiger partial charge in [0.15, 0.2) is 0 Å². The van der Waals surface area contributed by atoms with Crippen LogP contribution in [0, 0.1) is 6.92 Å². The maximum absolute atomic E-state index is 6.67. The Balaban J connectivity index is -0.000000169. The summed E-state index contributed by atoms with van der Waals surface area (Å²) in [4.78, 5) is 0. The summed E-state index contributed by atoms with van der Waals surface area (Å²) in [5.41, 5.74) is 6.67. The van der Waals surface area contributed by atoms with E-state index in [0.29, 0.717) is 26.4 Å². The third-order valence-corrected chi connectivity index (χ3v) is 0.678. The average molecular weight is 413 g/mol. The number of methoxy groups -OCH3 is 1. The van der Waals surface area contributed by atoms with Crippen molar-refractivity contribution in [3.8, 4) is 0 Å². The number of hydrogen-bond acceptors (Lipinski definition) is 2. The van der Waals surface area contributed by atoms with Crippen molar-refractivity contribution in [2.75, 3.05) is 33.5 Å². The van der Waals surface area contributed by atoms with Crippen molar-refractivity contribution in [1.82, 2.24) is 0 Å². The van der Waals surface area contributed by atoms with Gasteiger partial charge in [0, 0.05) is 13.7 Å². The van der Waals surface area contributed by atoms with E-state index in [1.54, 1.807) is 14.0 Å². The molecule has 0 aromatic heterocycles. The van der Waals surface area contributed by atoms with Gasteiger partial charge in [0.25, 0.3) is 0 Å². The molecule has 1 N–H and O–H groups in total. The Morgan fingerprint density at radius 1 is 1.23 bits per heavy atom. The van der Waals surface area contributed by atoms with E-state index in [-0.39, 0.29) is 0 Å². The molecule has 0 fully saturated rings. The number of hydrogen-bond donors (Lipinski definition) is 0. The van der Waals surface area contributed by atoms with Gasteiger partial charge in [0.1, 0.15) is 0 Å². The molecule has 6 heteroatoms. The molecular weight excluding hydrogens is 396 g/mol. The van der Waals surface area contributed by atoms with Gasteiger partial charge in [-0.15, -0.1) is 6.54 Å². The average Bonchev–Trinajstić information content (AvgIpc) is 2.17. The standard InChI is InChI=1S/C5H12NO2.C2H5.2ClH.Pt/c1-7-4-5-8-3-2-6;1-2;;;/h6H,2-5H2,1H3;1H2,2H3;2*1H;/q2*-1;;;+4/p-2. The predicted molar refractivity (Wildman–Crippen MR) is 54.6 cm³/mol. The van der Waals surface area contributed by atoms with E-state index in [1.807, 2.05) is 0 Å². The molecule has 0 aliphatic rings. The van der Waals surface area contributed by atoms with Gasteiger partial charge in [-0.1, -0.05) is 0 Å². The summed E-state index contributed by atoms with van der Waals surface area (Å²) in [5.74, 6) is 0. The molecule has 0 spiro atoms. The Morgan fingerprint density at radius 2 is 1.69 bits per heavy atom. The van der Waals surface area contributed by atoms with Crippen molar-refractivity contribution in [3.63, 3.8) is 0 Å². The van der Waals surface area contributed by atoms with Gasteiger partial charge >= 0.3 is 35.3 Å². The number of halogens is 2. The SMILES string of the molecule is COCCOCC[NH-].[CH2-]C.[Cl][Pt+2][Cl]. The van der Waals surface area contributed by atoms with Crippen LogP contribution in [0.5, 0.6) is 0 Å². The number of rotatable bonds is 5. The molecule has 0 aliphatic carbocycles. The first-order valence-corrected chi connectivity index (χ1v) is 9.20. The fraction of sp³-hybridized carbons (Fsp3) is 0.857. The molecule has 0 aromatic carbocycles. The third kappa shape index (κ3) is 43.2. The van der Waals surface area contributed by atoms with Crippen LogP contribution in [0.2, 0.25) is 0 Å². The zero-order chi connectivity index (χ0) is 10.9. The Morgan fingerprint density at radius 3 is 2.00 bits per heavy atom. The van der Waals surface area contributed by atoms with Gasteiger partial charge in [0.2, 0.25) is 0 Å². The van der Waals surface area contributed by atoms with Crippen LogP contribution in [-0.4, -0.2) is 33.5 Å². The summed E-state index contributed by atoms with van der Waals surface area (Å²) in [6, 6.07) is 0. The first-order valence-electron chi connectivity index (χ1n) is 3.57. The van der Waals surface area contributed by atoms with E-state index in [1.165, 1.54) is 0 Å². The van der Waals surface area contributed by atoms with Crippen molar-refractivity contribution in [2.24, 2.45) is 0 Å². The first kappa shape index (κ1) is 19.7. The maximum atomic E-state index is 6.67. The fourth-order valence-corrected chi connectivity index (χ4v) is 0.316. The minimum atomic E-state index is -0.472. The second-order valence-corrected chi connectivity index (χ2v) is 4.68. The van der Waals surface area contributed by atoms with Crippen LogP contribution in [0.1, 0.15) is 6.92 Å². The summed E-state index contributed by atoms with van der Waals surface area (Å²) in [5, 5.41) is 0. The van der Waals surface area contributed by atoms with E-state index in [0.717, 1.165) is 0 Å². The molecule has 0 aliphatic heterocycles. The van der Waals surface area contributed by atoms with Crippen LogP contribution < -0.4 is 0 Å². The molecular formula is C7H17Cl2NO2Pt. The molecule has 3 nitrogen and oxygen atoms in total. The molecule has 0 saturated carbocycles. The number of ether oxygens (including phenoxy) is 2. The Labute approximate surface area is 97.6 Å². The quantitative estimate of drug-likeness (QED) is 0.514. The Hall–Kier alpha value is 1.15. The van der Waals surface area contributed by atoms with E-state index in [2.05, 4.69) is 6.92 Å². The molecule has 0 saturated heterocycles.